The van der Waals surface area contributed by atoms with Gasteiger partial charge in [-0.1, -0.05) is 18.0 Å². The number of primary sulfonamides is 1. The Hall–Kier alpha value is -1.11. The van der Waals surface area contributed by atoms with Crippen LogP contribution >= 0.6 is 11.6 Å². The zero-order valence-electron chi connectivity index (χ0n) is 11.1. The molecule has 0 saturated heterocycles. The molecule has 2 rings (SSSR count). The van der Waals surface area contributed by atoms with Crippen LogP contribution in [0.3, 0.4) is 0 Å². The predicted molar refractivity (Wildman–Crippen MR) is 77.2 cm³/mol. The lowest BCUT2D eigenvalue weighted by Crippen LogP contribution is -2.32. The van der Waals surface area contributed by atoms with Crippen molar-refractivity contribution in [2.24, 2.45) is 11.1 Å². The molecule has 110 valence electrons. The van der Waals surface area contributed by atoms with E-state index in [9.17, 15) is 13.2 Å². The summed E-state index contributed by atoms with van der Waals surface area (Å²) in [6.07, 6.45) is 3.45. The summed E-state index contributed by atoms with van der Waals surface area (Å²) >= 11 is 5.87. The van der Waals surface area contributed by atoms with E-state index < -0.39 is 10.0 Å². The fraction of sp³-hybridized carbons (Fsp3) is 0.462. The molecule has 0 unspecified atom stereocenters. The molecule has 1 aromatic rings. The summed E-state index contributed by atoms with van der Waals surface area (Å²) in [5.41, 5.74) is 0.573. The van der Waals surface area contributed by atoms with Gasteiger partial charge in [-0.15, -0.1) is 0 Å². The molecular formula is C13H17ClN2O3S. The fourth-order valence-electron chi connectivity index (χ4n) is 2.21. The molecule has 0 atom stereocenters. The van der Waals surface area contributed by atoms with Crippen LogP contribution in [0.4, 0.5) is 0 Å². The number of hydrogen-bond donors (Lipinski definition) is 2. The molecule has 20 heavy (non-hydrogen) atoms. The number of amides is 1. The molecule has 1 aliphatic rings. The molecule has 3 N–H and O–H groups in total. The van der Waals surface area contributed by atoms with Crippen molar-refractivity contribution >= 4 is 27.5 Å². The summed E-state index contributed by atoms with van der Waals surface area (Å²) in [6.45, 7) is 2.16. The minimum Gasteiger partial charge on any atom is -0.352 e. The van der Waals surface area contributed by atoms with Gasteiger partial charge in [0.1, 0.15) is 0 Å². The quantitative estimate of drug-likeness (QED) is 0.888. The summed E-state index contributed by atoms with van der Waals surface area (Å²) in [5.74, 6) is 0.206. The highest BCUT2D eigenvalue weighted by atomic mass is 35.5. The third-order valence-corrected chi connectivity index (χ3v) is 4.91. The molecule has 1 amide bonds. The van der Waals surface area contributed by atoms with Gasteiger partial charge < -0.3 is 5.32 Å². The van der Waals surface area contributed by atoms with Crippen LogP contribution in [-0.4, -0.2) is 20.9 Å². The molecule has 0 bridgehead atoms. The maximum Gasteiger partial charge on any atom is 0.251 e. The van der Waals surface area contributed by atoms with Gasteiger partial charge >= 0.3 is 0 Å². The highest BCUT2D eigenvalue weighted by Gasteiger charge is 2.22. The summed E-state index contributed by atoms with van der Waals surface area (Å²) in [7, 11) is -3.90. The number of nitrogens with two attached hydrogens (primary N) is 1. The van der Waals surface area contributed by atoms with Crippen LogP contribution in [0.15, 0.2) is 17.0 Å². The number of halogens is 1. The molecule has 0 spiro atoms. The highest BCUT2D eigenvalue weighted by molar-refractivity contribution is 7.89. The van der Waals surface area contributed by atoms with Crippen molar-refractivity contribution in [1.29, 1.82) is 0 Å². The minimum atomic E-state index is -3.90. The van der Waals surface area contributed by atoms with Gasteiger partial charge in [0.2, 0.25) is 10.0 Å². The zero-order valence-corrected chi connectivity index (χ0v) is 12.7. The van der Waals surface area contributed by atoms with Crippen LogP contribution in [0.5, 0.6) is 0 Å². The van der Waals surface area contributed by atoms with Crippen molar-refractivity contribution in [3.63, 3.8) is 0 Å². The van der Waals surface area contributed by atoms with Crippen molar-refractivity contribution in [3.05, 3.63) is 28.3 Å². The number of benzene rings is 1. The van der Waals surface area contributed by atoms with Crippen LogP contribution in [0.25, 0.3) is 0 Å². The molecule has 1 aliphatic carbocycles. The van der Waals surface area contributed by atoms with Crippen molar-refractivity contribution in [2.45, 2.75) is 31.1 Å². The van der Waals surface area contributed by atoms with E-state index in [2.05, 4.69) is 5.32 Å². The number of sulfonamides is 1. The monoisotopic (exact) mass is 316 g/mol. The van der Waals surface area contributed by atoms with Gasteiger partial charge in [0.05, 0.1) is 4.90 Å². The van der Waals surface area contributed by atoms with E-state index in [1.54, 1.807) is 6.92 Å². The van der Waals surface area contributed by atoms with E-state index in [0.717, 1.165) is 12.8 Å². The third kappa shape index (κ3) is 3.31. The summed E-state index contributed by atoms with van der Waals surface area (Å²) < 4.78 is 23.0. The summed E-state index contributed by atoms with van der Waals surface area (Å²) in [5, 5.41) is 8.12. The molecule has 1 saturated carbocycles. The van der Waals surface area contributed by atoms with Gasteiger partial charge in [-0.2, -0.15) is 0 Å². The fourth-order valence-corrected chi connectivity index (χ4v) is 3.33. The normalized spacial score (nSPS) is 15.8. The average molecular weight is 317 g/mol. The lowest BCUT2D eigenvalue weighted by atomic mass is 9.85. The van der Waals surface area contributed by atoms with E-state index in [1.165, 1.54) is 18.6 Å². The molecule has 1 aromatic carbocycles. The number of rotatable bonds is 4. The lowest BCUT2D eigenvalue weighted by Gasteiger charge is -2.25. The van der Waals surface area contributed by atoms with E-state index in [4.69, 9.17) is 16.7 Å². The molecule has 0 heterocycles. The molecule has 0 radical (unpaired) electrons. The topological polar surface area (TPSA) is 89.3 Å². The van der Waals surface area contributed by atoms with Crippen LogP contribution in [0.1, 0.15) is 35.2 Å². The molecule has 5 nitrogen and oxygen atoms in total. The maximum absolute atomic E-state index is 12.1. The van der Waals surface area contributed by atoms with E-state index >= 15 is 0 Å². The Labute approximate surface area is 123 Å². The SMILES string of the molecule is Cc1c(C(=O)NCC2CCC2)cc(Cl)cc1S(N)(=O)=O. The van der Waals surface area contributed by atoms with Crippen molar-refractivity contribution in [2.75, 3.05) is 6.54 Å². The first-order chi connectivity index (χ1) is 9.29. The predicted octanol–water partition coefficient (Wildman–Crippen LogP) is 1.83. The minimum absolute atomic E-state index is 0.112. The van der Waals surface area contributed by atoms with Gasteiger partial charge in [-0.05, 0) is 43.4 Å². The van der Waals surface area contributed by atoms with Gasteiger partial charge in [-0.25, -0.2) is 13.6 Å². The highest BCUT2D eigenvalue weighted by Crippen LogP contribution is 2.26. The molecular weight excluding hydrogens is 300 g/mol. The second kappa shape index (κ2) is 5.71. The maximum atomic E-state index is 12.1. The van der Waals surface area contributed by atoms with Gasteiger partial charge in [0.25, 0.3) is 5.91 Å². The van der Waals surface area contributed by atoms with E-state index in [0.29, 0.717) is 18.0 Å². The first-order valence-electron chi connectivity index (χ1n) is 6.40. The van der Waals surface area contributed by atoms with Gasteiger partial charge in [-0.3, -0.25) is 4.79 Å². The van der Waals surface area contributed by atoms with Crippen molar-refractivity contribution in [1.82, 2.24) is 5.32 Å². The van der Waals surface area contributed by atoms with E-state index in [1.807, 2.05) is 0 Å². The Morgan fingerprint density at radius 3 is 2.60 bits per heavy atom. The van der Waals surface area contributed by atoms with E-state index in [-0.39, 0.29) is 21.4 Å². The first kappa shape index (κ1) is 15.3. The zero-order chi connectivity index (χ0) is 14.9. The number of carbonyl (C=O) groups is 1. The second-order valence-electron chi connectivity index (χ2n) is 5.13. The van der Waals surface area contributed by atoms with Crippen molar-refractivity contribution in [3.8, 4) is 0 Å². The molecule has 7 heteroatoms. The van der Waals surface area contributed by atoms with Crippen LogP contribution in [-0.2, 0) is 10.0 Å². The van der Waals surface area contributed by atoms with Crippen LogP contribution in [0, 0.1) is 12.8 Å². The Morgan fingerprint density at radius 2 is 2.10 bits per heavy atom. The Bertz CT molecular complexity index is 639. The first-order valence-corrected chi connectivity index (χ1v) is 8.32. The smallest absolute Gasteiger partial charge is 0.251 e. The summed E-state index contributed by atoms with van der Waals surface area (Å²) in [6, 6.07) is 2.72. The molecule has 0 aromatic heterocycles. The van der Waals surface area contributed by atoms with Crippen molar-refractivity contribution < 1.29 is 13.2 Å². The average Bonchev–Trinajstić information content (AvgIpc) is 2.28. The number of hydrogen-bond acceptors (Lipinski definition) is 3. The van der Waals surface area contributed by atoms with Crippen LogP contribution in [0.2, 0.25) is 5.02 Å². The Balaban J connectivity index is 2.26. The largest absolute Gasteiger partial charge is 0.352 e. The summed E-state index contributed by atoms with van der Waals surface area (Å²) in [4.78, 5) is 12.0. The Morgan fingerprint density at radius 1 is 1.45 bits per heavy atom. The molecule has 1 fully saturated rings. The third-order valence-electron chi connectivity index (χ3n) is 3.65. The van der Waals surface area contributed by atoms with Gasteiger partial charge in [0.15, 0.2) is 0 Å². The number of nitrogens with one attached hydrogen (secondary N) is 1. The standard InChI is InChI=1S/C13H17ClN2O3S/c1-8-11(13(17)16-7-9-3-2-4-9)5-10(14)6-12(8)20(15,18)19/h5-6,9H,2-4,7H2,1H3,(H,16,17)(H2,15,18,19). The lowest BCUT2D eigenvalue weighted by molar-refractivity contribution is 0.0938. The van der Waals surface area contributed by atoms with Crippen LogP contribution < -0.4 is 10.5 Å². The number of carbonyl (C=O) groups excluding carboxylic acids is 1. The molecule has 0 aliphatic heterocycles. The van der Waals surface area contributed by atoms with Gasteiger partial charge in [0, 0.05) is 17.1 Å². The Kier molecular flexibility index (Phi) is 4.36. The second-order valence-corrected chi connectivity index (χ2v) is 7.09.